The molecule has 4 N–H and O–H groups in total. The maximum Gasteiger partial charge on any atom is 0.248 e. The molecule has 0 saturated carbocycles. The molecule has 1 aromatic carbocycles. The van der Waals surface area contributed by atoms with Crippen molar-refractivity contribution in [2.24, 2.45) is 11.5 Å². The summed E-state index contributed by atoms with van der Waals surface area (Å²) in [6.07, 6.45) is 0.445. The van der Waals surface area contributed by atoms with Gasteiger partial charge in [0, 0.05) is 5.56 Å². The molecule has 1 aromatic rings. The van der Waals surface area contributed by atoms with E-state index in [-0.39, 0.29) is 5.75 Å². The highest BCUT2D eigenvalue weighted by molar-refractivity contribution is 7.91. The van der Waals surface area contributed by atoms with E-state index >= 15 is 0 Å². The van der Waals surface area contributed by atoms with Crippen molar-refractivity contribution in [1.29, 1.82) is 0 Å². The van der Waals surface area contributed by atoms with Crippen LogP contribution in [0, 0.1) is 6.92 Å². The molecule has 0 bridgehead atoms. The predicted molar refractivity (Wildman–Crippen MR) is 75.5 cm³/mol. The average Bonchev–Trinajstić information content (AvgIpc) is 2.31. The van der Waals surface area contributed by atoms with Crippen LogP contribution < -0.4 is 11.5 Å². The van der Waals surface area contributed by atoms with Gasteiger partial charge >= 0.3 is 0 Å². The van der Waals surface area contributed by atoms with E-state index in [9.17, 15) is 13.2 Å². The van der Waals surface area contributed by atoms with Crippen molar-refractivity contribution < 1.29 is 13.2 Å². The van der Waals surface area contributed by atoms with Crippen LogP contribution in [0.15, 0.2) is 18.2 Å². The number of sulfone groups is 1. The van der Waals surface area contributed by atoms with Gasteiger partial charge in [0.05, 0.1) is 11.0 Å². The number of hydrogen-bond donors (Lipinski definition) is 2. The van der Waals surface area contributed by atoms with Gasteiger partial charge in [0.1, 0.15) is 0 Å². The topological polar surface area (TPSA) is 103 Å². The first-order valence-electron chi connectivity index (χ1n) is 6.09. The van der Waals surface area contributed by atoms with Gasteiger partial charge in [-0.15, -0.1) is 0 Å². The lowest BCUT2D eigenvalue weighted by Crippen LogP contribution is -2.23. The molecule has 5 nitrogen and oxygen atoms in total. The lowest BCUT2D eigenvalue weighted by Gasteiger charge is -2.13. The van der Waals surface area contributed by atoms with Crippen molar-refractivity contribution in [2.45, 2.75) is 31.3 Å². The summed E-state index contributed by atoms with van der Waals surface area (Å²) in [5.74, 6) is -0.562. The van der Waals surface area contributed by atoms with Crippen molar-refractivity contribution in [2.75, 3.05) is 6.54 Å². The molecule has 0 radical (unpaired) electrons. The Morgan fingerprint density at radius 2 is 2.00 bits per heavy atom. The summed E-state index contributed by atoms with van der Waals surface area (Å²) in [6.45, 7) is 3.78. The van der Waals surface area contributed by atoms with Gasteiger partial charge in [-0.2, -0.15) is 0 Å². The van der Waals surface area contributed by atoms with Gasteiger partial charge in [0.2, 0.25) is 5.91 Å². The third-order valence-electron chi connectivity index (χ3n) is 3.17. The van der Waals surface area contributed by atoms with Crippen LogP contribution in [0.25, 0.3) is 0 Å². The summed E-state index contributed by atoms with van der Waals surface area (Å²) < 4.78 is 24.2. The van der Waals surface area contributed by atoms with E-state index in [1.165, 1.54) is 0 Å². The minimum Gasteiger partial charge on any atom is -0.366 e. The number of carbonyl (C=O) groups is 1. The van der Waals surface area contributed by atoms with Gasteiger partial charge in [0.15, 0.2) is 9.84 Å². The predicted octanol–water partition coefficient (Wildman–Crippen LogP) is 0.746. The fourth-order valence-corrected chi connectivity index (χ4v) is 3.32. The molecule has 0 aliphatic carbocycles. The Morgan fingerprint density at radius 1 is 1.37 bits per heavy atom. The summed E-state index contributed by atoms with van der Waals surface area (Å²) >= 11 is 0. The molecule has 1 atom stereocenters. The first-order chi connectivity index (χ1) is 8.77. The van der Waals surface area contributed by atoms with Crippen molar-refractivity contribution in [3.8, 4) is 0 Å². The van der Waals surface area contributed by atoms with Gasteiger partial charge < -0.3 is 11.5 Å². The number of carbonyl (C=O) groups excluding carboxylic acids is 1. The molecule has 0 heterocycles. The fourth-order valence-electron chi connectivity index (χ4n) is 1.78. The first-order valence-corrected chi connectivity index (χ1v) is 7.80. The second-order valence-electron chi connectivity index (χ2n) is 4.70. The number of nitrogens with two attached hydrogens (primary N) is 2. The number of amides is 1. The second kappa shape index (κ2) is 6.16. The molecular formula is C13H20N2O3S. The molecule has 1 unspecified atom stereocenters. The Labute approximate surface area is 113 Å². The molecule has 0 aromatic heterocycles. The van der Waals surface area contributed by atoms with Crippen LogP contribution in [0.2, 0.25) is 0 Å². The van der Waals surface area contributed by atoms with Crippen molar-refractivity contribution in [3.63, 3.8) is 0 Å². The summed E-state index contributed by atoms with van der Waals surface area (Å²) in [5, 5.41) is -0.465. The smallest absolute Gasteiger partial charge is 0.248 e. The Hall–Kier alpha value is -1.40. The van der Waals surface area contributed by atoms with Crippen LogP contribution in [-0.2, 0) is 15.6 Å². The highest BCUT2D eigenvalue weighted by Crippen LogP contribution is 2.18. The van der Waals surface area contributed by atoms with Crippen LogP contribution in [0.1, 0.15) is 34.8 Å². The number of rotatable bonds is 6. The summed E-state index contributed by atoms with van der Waals surface area (Å²) in [7, 11) is -3.23. The Kier molecular flexibility index (Phi) is 5.08. The van der Waals surface area contributed by atoms with Crippen LogP contribution >= 0.6 is 0 Å². The van der Waals surface area contributed by atoms with E-state index in [1.54, 1.807) is 32.0 Å². The van der Waals surface area contributed by atoms with E-state index in [0.717, 1.165) is 5.56 Å². The zero-order valence-corrected chi connectivity index (χ0v) is 12.0. The standard InChI is InChI=1S/C13H20N2O3S/c1-9-7-11(13(15)16)3-4-12(9)8-19(17,18)10(2)5-6-14/h3-4,7,10H,5-6,8,14H2,1-2H3,(H2,15,16). The lowest BCUT2D eigenvalue weighted by molar-refractivity contribution is 0.1000. The average molecular weight is 284 g/mol. The summed E-state index contributed by atoms with van der Waals surface area (Å²) in [4.78, 5) is 11.0. The number of aryl methyl sites for hydroxylation is 1. The largest absolute Gasteiger partial charge is 0.366 e. The molecule has 0 fully saturated rings. The van der Waals surface area contributed by atoms with Gasteiger partial charge in [-0.3, -0.25) is 4.79 Å². The van der Waals surface area contributed by atoms with E-state index in [2.05, 4.69) is 0 Å². The Morgan fingerprint density at radius 3 is 2.47 bits per heavy atom. The van der Waals surface area contributed by atoms with Crippen molar-refractivity contribution >= 4 is 15.7 Å². The van der Waals surface area contributed by atoms with Gasteiger partial charge in [-0.25, -0.2) is 8.42 Å². The third kappa shape index (κ3) is 4.04. The van der Waals surface area contributed by atoms with Crippen molar-refractivity contribution in [3.05, 3.63) is 34.9 Å². The fraction of sp³-hybridized carbons (Fsp3) is 0.462. The monoisotopic (exact) mass is 284 g/mol. The molecule has 1 amide bonds. The number of benzene rings is 1. The zero-order chi connectivity index (χ0) is 14.6. The molecule has 0 aliphatic rings. The number of hydrogen-bond acceptors (Lipinski definition) is 4. The van der Waals surface area contributed by atoms with Crippen LogP contribution in [-0.4, -0.2) is 26.1 Å². The second-order valence-corrected chi connectivity index (χ2v) is 7.12. The van der Waals surface area contributed by atoms with E-state index in [4.69, 9.17) is 11.5 Å². The molecular weight excluding hydrogens is 264 g/mol. The molecule has 19 heavy (non-hydrogen) atoms. The van der Waals surface area contributed by atoms with Crippen molar-refractivity contribution in [1.82, 2.24) is 0 Å². The van der Waals surface area contributed by atoms with Gasteiger partial charge in [-0.05, 0) is 50.1 Å². The van der Waals surface area contributed by atoms with E-state index in [1.807, 2.05) is 0 Å². The molecule has 0 spiro atoms. The normalized spacial score (nSPS) is 13.2. The van der Waals surface area contributed by atoms with Crippen LogP contribution in [0.4, 0.5) is 0 Å². The maximum absolute atomic E-state index is 12.1. The summed E-state index contributed by atoms with van der Waals surface area (Å²) in [6, 6.07) is 4.80. The highest BCUT2D eigenvalue weighted by atomic mass is 32.2. The van der Waals surface area contributed by atoms with E-state index in [0.29, 0.717) is 24.1 Å². The Bertz CT molecular complexity index is 567. The quantitative estimate of drug-likeness (QED) is 0.804. The lowest BCUT2D eigenvalue weighted by atomic mass is 10.1. The molecule has 0 aliphatic heterocycles. The first kappa shape index (κ1) is 15.7. The molecule has 6 heteroatoms. The van der Waals surface area contributed by atoms with E-state index < -0.39 is 21.0 Å². The minimum atomic E-state index is -3.23. The van der Waals surface area contributed by atoms with Crippen LogP contribution in [0.3, 0.4) is 0 Å². The van der Waals surface area contributed by atoms with Crippen LogP contribution in [0.5, 0.6) is 0 Å². The molecule has 0 saturated heterocycles. The SMILES string of the molecule is Cc1cc(C(N)=O)ccc1CS(=O)(=O)C(C)CCN. The Balaban J connectivity index is 2.97. The molecule has 1 rings (SSSR count). The number of primary amides is 1. The third-order valence-corrected chi connectivity index (χ3v) is 5.35. The zero-order valence-electron chi connectivity index (χ0n) is 11.2. The minimum absolute atomic E-state index is 0.0426. The van der Waals surface area contributed by atoms with Gasteiger partial charge in [0.25, 0.3) is 0 Å². The summed E-state index contributed by atoms with van der Waals surface area (Å²) in [5.41, 5.74) is 12.4. The highest BCUT2D eigenvalue weighted by Gasteiger charge is 2.21. The van der Waals surface area contributed by atoms with Gasteiger partial charge in [-0.1, -0.05) is 6.07 Å². The maximum atomic E-state index is 12.1. The molecule has 106 valence electrons.